The number of unbranched alkanes of at least 4 members (excludes halogenated alkanes) is 1. The van der Waals surface area contributed by atoms with Gasteiger partial charge in [0.2, 0.25) is 0 Å². The lowest BCUT2D eigenvalue weighted by Gasteiger charge is -1.98. The molecule has 7 nitrogen and oxygen atoms in total. The first kappa shape index (κ1) is 12.3. The molecule has 0 aliphatic carbocycles. The number of non-ortho nitro benzene ring substituents is 1. The second-order valence-electron chi connectivity index (χ2n) is 3.79. The van der Waals surface area contributed by atoms with Crippen molar-refractivity contribution >= 4 is 22.8 Å². The Bertz CT molecular complexity index is 552. The van der Waals surface area contributed by atoms with Crippen LogP contribution in [-0.2, 0) is 0 Å². The molecule has 2 N–H and O–H groups in total. The molecule has 7 heteroatoms. The minimum Gasteiger partial charge on any atom is -0.424 e. The van der Waals surface area contributed by atoms with Crippen LogP contribution in [0.1, 0.15) is 12.8 Å². The summed E-state index contributed by atoms with van der Waals surface area (Å²) in [6.07, 6.45) is 1.51. The number of fused-ring (bicyclic) bond motifs is 1. The largest absolute Gasteiger partial charge is 0.424 e. The molecular weight excluding hydrogens is 238 g/mol. The van der Waals surface area contributed by atoms with Crippen LogP contribution in [0.15, 0.2) is 22.6 Å². The standard InChI is InChI=1S/C11H13N3O4/c15-6-2-1-5-12-11-13-9-7-8(14(16)17)3-4-10(9)18-11/h3-4,7,15H,1-2,5-6H2,(H,12,13). The second-order valence-corrected chi connectivity index (χ2v) is 3.79. The average Bonchev–Trinajstić information content (AvgIpc) is 2.76. The van der Waals surface area contributed by atoms with Crippen molar-refractivity contribution in [2.75, 3.05) is 18.5 Å². The smallest absolute Gasteiger partial charge is 0.295 e. The lowest BCUT2D eigenvalue weighted by atomic mass is 10.3. The molecule has 0 spiro atoms. The van der Waals surface area contributed by atoms with Crippen molar-refractivity contribution in [1.29, 1.82) is 0 Å². The Morgan fingerprint density at radius 3 is 3.00 bits per heavy atom. The fourth-order valence-corrected chi connectivity index (χ4v) is 1.54. The highest BCUT2D eigenvalue weighted by Gasteiger charge is 2.11. The van der Waals surface area contributed by atoms with Gasteiger partial charge in [0.15, 0.2) is 5.58 Å². The number of nitrogens with zero attached hydrogens (tertiary/aromatic N) is 2. The van der Waals surface area contributed by atoms with Crippen molar-refractivity contribution in [3.63, 3.8) is 0 Å². The number of anilines is 1. The van der Waals surface area contributed by atoms with Crippen molar-refractivity contribution in [2.24, 2.45) is 0 Å². The van der Waals surface area contributed by atoms with Gasteiger partial charge in [-0.2, -0.15) is 4.98 Å². The molecule has 0 atom stereocenters. The number of nitro groups is 1. The minimum absolute atomic E-state index is 0.0115. The molecule has 1 aromatic carbocycles. The number of aromatic nitrogens is 1. The summed E-state index contributed by atoms with van der Waals surface area (Å²) < 4.78 is 5.38. The second kappa shape index (κ2) is 5.46. The molecule has 0 aliphatic rings. The maximum absolute atomic E-state index is 10.6. The Balaban J connectivity index is 2.09. The Hall–Kier alpha value is -2.15. The molecule has 0 fully saturated rings. The summed E-state index contributed by atoms with van der Waals surface area (Å²) in [6.45, 7) is 0.789. The average molecular weight is 251 g/mol. The number of aliphatic hydroxyl groups is 1. The molecule has 96 valence electrons. The van der Waals surface area contributed by atoms with E-state index in [0.29, 0.717) is 30.1 Å². The van der Waals surface area contributed by atoms with Gasteiger partial charge in [0.25, 0.3) is 11.7 Å². The van der Waals surface area contributed by atoms with E-state index < -0.39 is 4.92 Å². The minimum atomic E-state index is -0.470. The number of oxazole rings is 1. The molecule has 18 heavy (non-hydrogen) atoms. The topological polar surface area (TPSA) is 101 Å². The Labute approximate surface area is 103 Å². The summed E-state index contributed by atoms with van der Waals surface area (Å²) in [5.74, 6) is 0. The lowest BCUT2D eigenvalue weighted by molar-refractivity contribution is -0.384. The fraction of sp³-hybridized carbons (Fsp3) is 0.364. The number of hydrogen-bond acceptors (Lipinski definition) is 6. The monoisotopic (exact) mass is 251 g/mol. The zero-order valence-electron chi connectivity index (χ0n) is 9.63. The van der Waals surface area contributed by atoms with Crippen LogP contribution in [0.25, 0.3) is 11.1 Å². The molecule has 2 aromatic rings. The van der Waals surface area contributed by atoms with Crippen LogP contribution in [0.5, 0.6) is 0 Å². The van der Waals surface area contributed by atoms with E-state index in [1.807, 2.05) is 0 Å². The van der Waals surface area contributed by atoms with Crippen LogP contribution in [0.2, 0.25) is 0 Å². The molecule has 2 rings (SSSR count). The van der Waals surface area contributed by atoms with E-state index in [4.69, 9.17) is 9.52 Å². The maximum Gasteiger partial charge on any atom is 0.295 e. The summed E-state index contributed by atoms with van der Waals surface area (Å²) in [5.41, 5.74) is 0.946. The molecular formula is C11H13N3O4. The van der Waals surface area contributed by atoms with E-state index >= 15 is 0 Å². The van der Waals surface area contributed by atoms with Gasteiger partial charge in [-0.3, -0.25) is 10.1 Å². The molecule has 0 saturated carbocycles. The summed E-state index contributed by atoms with van der Waals surface area (Å²) in [7, 11) is 0. The SMILES string of the molecule is O=[N+]([O-])c1ccc2oc(NCCCCO)nc2c1. The van der Waals surface area contributed by atoms with Gasteiger partial charge in [-0.15, -0.1) is 0 Å². The fourth-order valence-electron chi connectivity index (χ4n) is 1.54. The van der Waals surface area contributed by atoms with Crippen LogP contribution in [0, 0.1) is 10.1 Å². The van der Waals surface area contributed by atoms with Gasteiger partial charge in [-0.1, -0.05) is 0 Å². The summed E-state index contributed by atoms with van der Waals surface area (Å²) >= 11 is 0. The van der Waals surface area contributed by atoms with Gasteiger partial charge in [-0.05, 0) is 18.9 Å². The normalized spacial score (nSPS) is 10.7. The molecule has 1 aromatic heterocycles. The van der Waals surface area contributed by atoms with Crippen LogP contribution in [0.4, 0.5) is 11.7 Å². The zero-order valence-corrected chi connectivity index (χ0v) is 9.63. The number of rotatable bonds is 6. The Kier molecular flexibility index (Phi) is 3.73. The third-order valence-electron chi connectivity index (χ3n) is 2.44. The Morgan fingerprint density at radius 2 is 2.28 bits per heavy atom. The third-order valence-corrected chi connectivity index (χ3v) is 2.44. The van der Waals surface area contributed by atoms with Gasteiger partial charge in [-0.25, -0.2) is 0 Å². The van der Waals surface area contributed by atoms with E-state index in [-0.39, 0.29) is 12.3 Å². The van der Waals surface area contributed by atoms with Crippen LogP contribution >= 0.6 is 0 Å². The number of aliphatic hydroxyl groups excluding tert-OH is 1. The van der Waals surface area contributed by atoms with Crippen LogP contribution < -0.4 is 5.32 Å². The van der Waals surface area contributed by atoms with E-state index in [1.165, 1.54) is 18.2 Å². The van der Waals surface area contributed by atoms with E-state index in [0.717, 1.165) is 6.42 Å². The predicted molar refractivity (Wildman–Crippen MR) is 65.5 cm³/mol. The summed E-state index contributed by atoms with van der Waals surface area (Å²) in [4.78, 5) is 14.2. The highest BCUT2D eigenvalue weighted by molar-refractivity contribution is 5.77. The zero-order chi connectivity index (χ0) is 13.0. The predicted octanol–water partition coefficient (Wildman–Crippen LogP) is 1.92. The maximum atomic E-state index is 10.6. The summed E-state index contributed by atoms with van der Waals surface area (Å²) in [6, 6.07) is 4.61. The molecule has 0 saturated heterocycles. The van der Waals surface area contributed by atoms with Gasteiger partial charge < -0.3 is 14.8 Å². The van der Waals surface area contributed by atoms with Crippen LogP contribution in [-0.4, -0.2) is 28.2 Å². The van der Waals surface area contributed by atoms with Crippen molar-refractivity contribution in [3.8, 4) is 0 Å². The molecule has 0 amide bonds. The van der Waals surface area contributed by atoms with Gasteiger partial charge in [0.1, 0.15) is 5.52 Å². The first-order chi connectivity index (χ1) is 8.70. The molecule has 0 unspecified atom stereocenters. The number of benzene rings is 1. The van der Waals surface area contributed by atoms with Crippen molar-refractivity contribution in [1.82, 2.24) is 4.98 Å². The number of nitrogens with one attached hydrogen (secondary N) is 1. The first-order valence-corrected chi connectivity index (χ1v) is 5.60. The van der Waals surface area contributed by atoms with E-state index in [9.17, 15) is 10.1 Å². The van der Waals surface area contributed by atoms with Crippen LogP contribution in [0.3, 0.4) is 0 Å². The van der Waals surface area contributed by atoms with Gasteiger partial charge >= 0.3 is 0 Å². The van der Waals surface area contributed by atoms with Crippen molar-refractivity contribution in [2.45, 2.75) is 12.8 Å². The quantitative estimate of drug-likeness (QED) is 0.462. The van der Waals surface area contributed by atoms with E-state index in [2.05, 4.69) is 10.3 Å². The van der Waals surface area contributed by atoms with Gasteiger partial charge in [0, 0.05) is 25.3 Å². The first-order valence-electron chi connectivity index (χ1n) is 5.60. The van der Waals surface area contributed by atoms with Crippen molar-refractivity contribution < 1.29 is 14.4 Å². The highest BCUT2D eigenvalue weighted by Crippen LogP contribution is 2.23. The molecule has 0 aliphatic heterocycles. The molecule has 1 heterocycles. The third kappa shape index (κ3) is 2.75. The Morgan fingerprint density at radius 1 is 1.44 bits per heavy atom. The highest BCUT2D eigenvalue weighted by atomic mass is 16.6. The van der Waals surface area contributed by atoms with Crippen molar-refractivity contribution in [3.05, 3.63) is 28.3 Å². The molecule has 0 bridgehead atoms. The van der Waals surface area contributed by atoms with E-state index in [1.54, 1.807) is 0 Å². The summed E-state index contributed by atoms with van der Waals surface area (Å²) in [5, 5.41) is 22.2. The lowest BCUT2D eigenvalue weighted by Crippen LogP contribution is -2.02. The number of nitro benzene ring substituents is 1. The van der Waals surface area contributed by atoms with Gasteiger partial charge in [0.05, 0.1) is 4.92 Å². The molecule has 0 radical (unpaired) electrons. The number of hydrogen-bond donors (Lipinski definition) is 2.